The van der Waals surface area contributed by atoms with Crippen molar-refractivity contribution in [2.75, 3.05) is 39.3 Å². The van der Waals surface area contributed by atoms with Crippen LogP contribution in [0.3, 0.4) is 0 Å². The van der Waals surface area contributed by atoms with E-state index in [1.165, 1.54) is 52.0 Å². The Morgan fingerprint density at radius 3 is 2.33 bits per heavy atom. The number of piperazine rings is 1. The van der Waals surface area contributed by atoms with Crippen molar-refractivity contribution < 1.29 is 0 Å². The molecule has 2 aliphatic rings. The van der Waals surface area contributed by atoms with Crippen molar-refractivity contribution in [1.82, 2.24) is 9.80 Å². The number of rotatable bonds is 4. The van der Waals surface area contributed by atoms with Gasteiger partial charge in [-0.3, -0.25) is 4.90 Å². The van der Waals surface area contributed by atoms with Crippen LogP contribution < -0.4 is 5.73 Å². The molecular weight excluding hydrogens is 222 g/mol. The maximum absolute atomic E-state index is 5.58. The summed E-state index contributed by atoms with van der Waals surface area (Å²) in [6.07, 6.45) is 5.43. The van der Waals surface area contributed by atoms with E-state index in [0.717, 1.165) is 30.8 Å². The molecule has 1 saturated heterocycles. The van der Waals surface area contributed by atoms with Gasteiger partial charge in [-0.25, -0.2) is 0 Å². The largest absolute Gasteiger partial charge is 0.330 e. The molecule has 3 unspecified atom stereocenters. The minimum atomic E-state index is 0.832. The Hall–Kier alpha value is -0.120. The monoisotopic (exact) mass is 253 g/mol. The van der Waals surface area contributed by atoms with Gasteiger partial charge in [0.25, 0.3) is 0 Å². The third-order valence-electron chi connectivity index (χ3n) is 5.17. The van der Waals surface area contributed by atoms with E-state index in [4.69, 9.17) is 5.73 Å². The molecule has 1 heterocycles. The number of hydrogen-bond donors (Lipinski definition) is 1. The molecule has 0 aromatic carbocycles. The third kappa shape index (κ3) is 3.69. The van der Waals surface area contributed by atoms with Crippen LogP contribution in [0.2, 0.25) is 0 Å². The highest BCUT2D eigenvalue weighted by atomic mass is 15.3. The fourth-order valence-electron chi connectivity index (χ4n) is 3.52. The molecule has 1 aliphatic heterocycles. The highest BCUT2D eigenvalue weighted by Gasteiger charge is 2.30. The molecule has 0 radical (unpaired) electrons. The standard InChI is InChI=1S/C15H31N3/c1-13-4-5-15(12-14(13)2)18-10-8-17(9-11-18)7-3-6-16/h13-15H,3-12,16H2,1-2H3. The van der Waals surface area contributed by atoms with Gasteiger partial charge < -0.3 is 10.6 Å². The molecule has 2 N–H and O–H groups in total. The molecule has 3 nitrogen and oxygen atoms in total. The second-order valence-corrected chi connectivity index (χ2v) is 6.44. The van der Waals surface area contributed by atoms with Crippen LogP contribution >= 0.6 is 0 Å². The van der Waals surface area contributed by atoms with Gasteiger partial charge >= 0.3 is 0 Å². The van der Waals surface area contributed by atoms with Gasteiger partial charge in [0, 0.05) is 32.2 Å². The Labute approximate surface area is 113 Å². The molecule has 1 aliphatic carbocycles. The third-order valence-corrected chi connectivity index (χ3v) is 5.17. The smallest absolute Gasteiger partial charge is 0.0113 e. The first-order valence-electron chi connectivity index (χ1n) is 7.87. The van der Waals surface area contributed by atoms with Crippen LogP contribution in [0.1, 0.15) is 39.5 Å². The zero-order valence-corrected chi connectivity index (χ0v) is 12.3. The summed E-state index contributed by atoms with van der Waals surface area (Å²) < 4.78 is 0. The van der Waals surface area contributed by atoms with E-state index < -0.39 is 0 Å². The number of nitrogens with two attached hydrogens (primary N) is 1. The Bertz CT molecular complexity index is 236. The molecule has 0 aromatic heterocycles. The van der Waals surface area contributed by atoms with Crippen molar-refractivity contribution >= 4 is 0 Å². The summed E-state index contributed by atoms with van der Waals surface area (Å²) in [5.41, 5.74) is 5.58. The molecule has 18 heavy (non-hydrogen) atoms. The molecule has 106 valence electrons. The van der Waals surface area contributed by atoms with E-state index in [2.05, 4.69) is 23.6 Å². The minimum absolute atomic E-state index is 0.832. The second-order valence-electron chi connectivity index (χ2n) is 6.44. The molecule has 0 bridgehead atoms. The van der Waals surface area contributed by atoms with Crippen LogP contribution in [0.5, 0.6) is 0 Å². The summed E-state index contributed by atoms with van der Waals surface area (Å²) in [6, 6.07) is 0.868. The van der Waals surface area contributed by atoms with Crippen molar-refractivity contribution in [2.45, 2.75) is 45.6 Å². The molecule has 0 amide bonds. The Morgan fingerprint density at radius 2 is 1.72 bits per heavy atom. The van der Waals surface area contributed by atoms with Crippen molar-refractivity contribution in [3.63, 3.8) is 0 Å². The lowest BCUT2D eigenvalue weighted by Gasteiger charge is -2.43. The van der Waals surface area contributed by atoms with Crippen LogP contribution in [-0.2, 0) is 0 Å². The number of nitrogens with zero attached hydrogens (tertiary/aromatic N) is 2. The first-order valence-corrected chi connectivity index (χ1v) is 7.87. The molecule has 0 spiro atoms. The summed E-state index contributed by atoms with van der Waals surface area (Å²) >= 11 is 0. The molecule has 3 heteroatoms. The van der Waals surface area contributed by atoms with Crippen molar-refractivity contribution in [3.05, 3.63) is 0 Å². The van der Waals surface area contributed by atoms with E-state index >= 15 is 0 Å². The summed E-state index contributed by atoms with van der Waals surface area (Å²) in [7, 11) is 0. The van der Waals surface area contributed by atoms with E-state index in [1.54, 1.807) is 0 Å². The highest BCUT2D eigenvalue weighted by Crippen LogP contribution is 2.32. The summed E-state index contributed by atoms with van der Waals surface area (Å²) in [4.78, 5) is 5.33. The van der Waals surface area contributed by atoms with E-state index in [1.807, 2.05) is 0 Å². The van der Waals surface area contributed by atoms with Gasteiger partial charge in [-0.2, -0.15) is 0 Å². The average molecular weight is 253 g/mol. The van der Waals surface area contributed by atoms with E-state index in [9.17, 15) is 0 Å². The Balaban J connectivity index is 1.72. The van der Waals surface area contributed by atoms with Crippen molar-refractivity contribution in [2.24, 2.45) is 17.6 Å². The summed E-state index contributed by atoms with van der Waals surface area (Å²) in [5.74, 6) is 1.85. The maximum atomic E-state index is 5.58. The second kappa shape index (κ2) is 6.88. The SMILES string of the molecule is CC1CCC(N2CCN(CCCN)CC2)CC1C. The van der Waals surface area contributed by atoms with E-state index in [0.29, 0.717) is 0 Å². The molecule has 1 saturated carbocycles. The predicted molar refractivity (Wildman–Crippen MR) is 77.7 cm³/mol. The lowest BCUT2D eigenvalue weighted by atomic mass is 9.78. The zero-order chi connectivity index (χ0) is 13.0. The number of hydrogen-bond acceptors (Lipinski definition) is 3. The van der Waals surface area contributed by atoms with Gasteiger partial charge in [0.15, 0.2) is 0 Å². The predicted octanol–water partition coefficient (Wildman–Crippen LogP) is 1.78. The molecule has 2 fully saturated rings. The summed E-state index contributed by atoms with van der Waals surface area (Å²) in [6.45, 7) is 11.9. The molecule has 0 aromatic rings. The Kier molecular flexibility index (Phi) is 5.46. The van der Waals surface area contributed by atoms with Gasteiger partial charge in [-0.1, -0.05) is 13.8 Å². The highest BCUT2D eigenvalue weighted by molar-refractivity contribution is 4.84. The quantitative estimate of drug-likeness (QED) is 0.829. The van der Waals surface area contributed by atoms with Gasteiger partial charge in [0.1, 0.15) is 0 Å². The van der Waals surface area contributed by atoms with Crippen LogP contribution in [-0.4, -0.2) is 55.1 Å². The van der Waals surface area contributed by atoms with Crippen LogP contribution in [0.25, 0.3) is 0 Å². The van der Waals surface area contributed by atoms with Crippen LogP contribution in [0, 0.1) is 11.8 Å². The van der Waals surface area contributed by atoms with Gasteiger partial charge in [0.2, 0.25) is 0 Å². The lowest BCUT2D eigenvalue weighted by Crippen LogP contribution is -2.52. The minimum Gasteiger partial charge on any atom is -0.330 e. The van der Waals surface area contributed by atoms with Gasteiger partial charge in [0.05, 0.1) is 0 Å². The van der Waals surface area contributed by atoms with Crippen LogP contribution in [0.4, 0.5) is 0 Å². The normalized spacial score (nSPS) is 35.8. The van der Waals surface area contributed by atoms with E-state index in [-0.39, 0.29) is 0 Å². The van der Waals surface area contributed by atoms with Gasteiger partial charge in [-0.05, 0) is 50.6 Å². The van der Waals surface area contributed by atoms with Gasteiger partial charge in [-0.15, -0.1) is 0 Å². The lowest BCUT2D eigenvalue weighted by molar-refractivity contribution is 0.0569. The maximum Gasteiger partial charge on any atom is 0.0113 e. The van der Waals surface area contributed by atoms with Crippen molar-refractivity contribution in [1.29, 1.82) is 0 Å². The fraction of sp³-hybridized carbons (Fsp3) is 1.00. The fourth-order valence-corrected chi connectivity index (χ4v) is 3.52. The van der Waals surface area contributed by atoms with Crippen LogP contribution in [0.15, 0.2) is 0 Å². The molecule has 3 atom stereocenters. The first kappa shape index (κ1) is 14.3. The first-order chi connectivity index (χ1) is 8.70. The molecule has 2 rings (SSSR count). The molecular formula is C15H31N3. The Morgan fingerprint density at radius 1 is 1.00 bits per heavy atom. The van der Waals surface area contributed by atoms with Crippen molar-refractivity contribution in [3.8, 4) is 0 Å². The average Bonchev–Trinajstić information content (AvgIpc) is 2.40. The topological polar surface area (TPSA) is 32.5 Å². The summed E-state index contributed by atoms with van der Waals surface area (Å²) in [5, 5.41) is 0. The zero-order valence-electron chi connectivity index (χ0n) is 12.3.